The number of hydrogen-bond acceptors (Lipinski definition) is 2. The number of nitrogens with zero attached hydrogens (tertiary/aromatic N) is 3. The molecule has 62 valence electrons. The van der Waals surface area contributed by atoms with Crippen molar-refractivity contribution in [2.75, 3.05) is 0 Å². The van der Waals surface area contributed by atoms with E-state index in [1.54, 1.807) is 0 Å². The highest BCUT2D eigenvalue weighted by atomic mass is 15.3. The van der Waals surface area contributed by atoms with Crippen LogP contribution in [0.1, 0.15) is 17.1 Å². The Kier molecular flexibility index (Phi) is 1.40. The minimum atomic E-state index is 0.823. The monoisotopic (exact) mass is 161 g/mol. The number of fused-ring (bicyclic) bond motifs is 1. The molecule has 0 N–H and O–H groups in total. The molecule has 0 atom stereocenters. The fourth-order valence-electron chi connectivity index (χ4n) is 1.42. The third-order valence-electron chi connectivity index (χ3n) is 1.87. The van der Waals surface area contributed by atoms with Crippen molar-refractivity contribution in [1.29, 1.82) is 0 Å². The lowest BCUT2D eigenvalue weighted by molar-refractivity contribution is 0.889. The van der Waals surface area contributed by atoms with Crippen molar-refractivity contribution in [3.05, 3.63) is 29.2 Å². The van der Waals surface area contributed by atoms with Crippen molar-refractivity contribution in [3.63, 3.8) is 0 Å². The van der Waals surface area contributed by atoms with E-state index in [9.17, 15) is 0 Å². The van der Waals surface area contributed by atoms with E-state index < -0.39 is 0 Å². The third-order valence-corrected chi connectivity index (χ3v) is 1.87. The quantitative estimate of drug-likeness (QED) is 0.588. The second-order valence-corrected chi connectivity index (χ2v) is 3.10. The molecule has 0 aliphatic rings. The zero-order valence-corrected chi connectivity index (χ0v) is 7.50. The first kappa shape index (κ1) is 7.28. The van der Waals surface area contributed by atoms with Crippen LogP contribution in [-0.4, -0.2) is 14.6 Å². The Morgan fingerprint density at radius 3 is 2.67 bits per heavy atom. The molecular formula is C9H11N3. The number of aromatic nitrogens is 3. The van der Waals surface area contributed by atoms with Gasteiger partial charge in [-0.1, -0.05) is 0 Å². The van der Waals surface area contributed by atoms with E-state index >= 15 is 0 Å². The topological polar surface area (TPSA) is 30.2 Å². The maximum atomic E-state index is 4.29. The molecule has 2 aromatic heterocycles. The van der Waals surface area contributed by atoms with Crippen LogP contribution in [0.5, 0.6) is 0 Å². The van der Waals surface area contributed by atoms with Crippen LogP contribution in [0.25, 0.3) is 5.65 Å². The van der Waals surface area contributed by atoms with Gasteiger partial charge in [-0.05, 0) is 38.5 Å². The van der Waals surface area contributed by atoms with Crippen molar-refractivity contribution in [2.24, 2.45) is 0 Å². The van der Waals surface area contributed by atoms with E-state index in [0.717, 1.165) is 17.2 Å². The van der Waals surface area contributed by atoms with E-state index in [4.69, 9.17) is 0 Å². The predicted molar refractivity (Wildman–Crippen MR) is 47.2 cm³/mol. The highest BCUT2D eigenvalue weighted by molar-refractivity contribution is 5.42. The van der Waals surface area contributed by atoms with Crippen molar-refractivity contribution in [3.8, 4) is 0 Å². The van der Waals surface area contributed by atoms with Crippen LogP contribution in [0, 0.1) is 20.8 Å². The molecule has 0 fully saturated rings. The largest absolute Gasteiger partial charge is 0.218 e. The lowest BCUT2D eigenvalue weighted by atomic mass is 10.2. The van der Waals surface area contributed by atoms with Gasteiger partial charge in [0.25, 0.3) is 0 Å². The number of rotatable bonds is 0. The van der Waals surface area contributed by atoms with Crippen molar-refractivity contribution in [1.82, 2.24) is 14.6 Å². The van der Waals surface area contributed by atoms with Gasteiger partial charge in [0.05, 0.1) is 0 Å². The number of aryl methyl sites for hydroxylation is 3. The summed E-state index contributed by atoms with van der Waals surface area (Å²) in [5.74, 6) is 0.823. The predicted octanol–water partition coefficient (Wildman–Crippen LogP) is 1.65. The van der Waals surface area contributed by atoms with Gasteiger partial charge >= 0.3 is 0 Å². The number of pyridine rings is 1. The zero-order chi connectivity index (χ0) is 8.72. The summed E-state index contributed by atoms with van der Waals surface area (Å²) in [5.41, 5.74) is 3.29. The molecule has 0 unspecified atom stereocenters. The van der Waals surface area contributed by atoms with Gasteiger partial charge in [0.15, 0.2) is 5.65 Å². The molecule has 2 aromatic rings. The van der Waals surface area contributed by atoms with Gasteiger partial charge in [0.2, 0.25) is 0 Å². The molecule has 0 aromatic carbocycles. The second kappa shape index (κ2) is 2.30. The summed E-state index contributed by atoms with van der Waals surface area (Å²) in [6.45, 7) is 6.01. The minimum Gasteiger partial charge on any atom is -0.218 e. The van der Waals surface area contributed by atoms with Crippen molar-refractivity contribution < 1.29 is 0 Å². The molecule has 0 radical (unpaired) electrons. The van der Waals surface area contributed by atoms with Crippen LogP contribution < -0.4 is 0 Å². The van der Waals surface area contributed by atoms with E-state index in [0.29, 0.717) is 0 Å². The average molecular weight is 161 g/mol. The van der Waals surface area contributed by atoms with Crippen LogP contribution in [-0.2, 0) is 0 Å². The molecule has 2 rings (SSSR count). The lowest BCUT2D eigenvalue weighted by Gasteiger charge is -1.98. The molecule has 0 aliphatic heterocycles. The summed E-state index contributed by atoms with van der Waals surface area (Å²) in [4.78, 5) is 4.29. The van der Waals surface area contributed by atoms with Gasteiger partial charge < -0.3 is 0 Å². The van der Waals surface area contributed by atoms with E-state index in [1.807, 2.05) is 24.4 Å². The fourth-order valence-corrected chi connectivity index (χ4v) is 1.42. The summed E-state index contributed by atoms with van der Waals surface area (Å²) >= 11 is 0. The smallest absolute Gasteiger partial charge is 0.156 e. The van der Waals surface area contributed by atoms with Gasteiger partial charge in [-0.25, -0.2) is 9.50 Å². The maximum absolute atomic E-state index is 4.29. The first-order valence-electron chi connectivity index (χ1n) is 3.97. The Hall–Kier alpha value is -1.38. The molecule has 0 saturated carbocycles. The lowest BCUT2D eigenvalue weighted by Crippen LogP contribution is -1.93. The van der Waals surface area contributed by atoms with Crippen LogP contribution >= 0.6 is 0 Å². The van der Waals surface area contributed by atoms with Crippen molar-refractivity contribution >= 4 is 5.65 Å². The fraction of sp³-hybridized carbons (Fsp3) is 0.333. The molecule has 0 spiro atoms. The number of hydrogen-bond donors (Lipinski definition) is 0. The second-order valence-electron chi connectivity index (χ2n) is 3.10. The van der Waals surface area contributed by atoms with Gasteiger partial charge in [-0.15, -0.1) is 0 Å². The average Bonchev–Trinajstić information content (AvgIpc) is 2.29. The van der Waals surface area contributed by atoms with Crippen LogP contribution in [0.15, 0.2) is 12.1 Å². The third kappa shape index (κ3) is 0.978. The van der Waals surface area contributed by atoms with E-state index in [1.165, 1.54) is 5.56 Å². The standard InChI is InChI=1S/C9H11N3/c1-6-4-7(2)12-9(5-6)10-8(3)11-12/h4-5H,1-3H3. The molecular weight excluding hydrogens is 150 g/mol. The summed E-state index contributed by atoms with van der Waals surface area (Å²) < 4.78 is 1.86. The summed E-state index contributed by atoms with van der Waals surface area (Å²) in [6.07, 6.45) is 0. The Labute approximate surface area is 71.1 Å². The SMILES string of the molecule is Cc1cc(C)n2nc(C)nc2c1. The van der Waals surface area contributed by atoms with Crippen molar-refractivity contribution in [2.45, 2.75) is 20.8 Å². The van der Waals surface area contributed by atoms with E-state index in [2.05, 4.69) is 23.1 Å². The summed E-state index contributed by atoms with van der Waals surface area (Å²) in [5, 5.41) is 4.26. The normalized spacial score (nSPS) is 10.9. The molecule has 0 amide bonds. The first-order valence-corrected chi connectivity index (χ1v) is 3.97. The van der Waals surface area contributed by atoms with Crippen LogP contribution in [0.2, 0.25) is 0 Å². The Balaban J connectivity index is 2.88. The highest BCUT2D eigenvalue weighted by Gasteiger charge is 2.01. The Morgan fingerprint density at radius 2 is 1.92 bits per heavy atom. The summed E-state index contributed by atoms with van der Waals surface area (Å²) in [7, 11) is 0. The molecule has 3 heteroatoms. The molecule has 0 saturated heterocycles. The van der Waals surface area contributed by atoms with Gasteiger partial charge in [-0.2, -0.15) is 5.10 Å². The van der Waals surface area contributed by atoms with Gasteiger partial charge in [0.1, 0.15) is 5.82 Å². The molecule has 2 heterocycles. The Morgan fingerprint density at radius 1 is 1.17 bits per heavy atom. The molecule has 3 nitrogen and oxygen atoms in total. The minimum absolute atomic E-state index is 0.823. The van der Waals surface area contributed by atoms with Crippen LogP contribution in [0.4, 0.5) is 0 Å². The summed E-state index contributed by atoms with van der Waals surface area (Å²) in [6, 6.07) is 4.13. The van der Waals surface area contributed by atoms with E-state index in [-0.39, 0.29) is 0 Å². The van der Waals surface area contributed by atoms with Gasteiger partial charge in [0, 0.05) is 5.69 Å². The Bertz CT molecular complexity index is 429. The molecule has 0 bridgehead atoms. The molecule has 0 aliphatic carbocycles. The maximum Gasteiger partial charge on any atom is 0.156 e. The molecule has 12 heavy (non-hydrogen) atoms. The van der Waals surface area contributed by atoms with Gasteiger partial charge in [-0.3, -0.25) is 0 Å². The van der Waals surface area contributed by atoms with Crippen LogP contribution in [0.3, 0.4) is 0 Å². The first-order chi connectivity index (χ1) is 5.66. The zero-order valence-electron chi connectivity index (χ0n) is 7.50. The highest BCUT2D eigenvalue weighted by Crippen LogP contribution is 2.08.